The second-order valence-electron chi connectivity index (χ2n) is 7.19. The standard InChI is InChI=1S/C23H28N2O4/c1-17-7-3-4-8-19(17)22(26)24-18-11-13-25(14-12-18)23(27)20-9-5-6-10-21(20)29-16-15-28-2/h3-10,18H,11-16H2,1-2H3,(H,24,26). The van der Waals surface area contributed by atoms with E-state index in [1.54, 1.807) is 19.2 Å². The highest BCUT2D eigenvalue weighted by atomic mass is 16.5. The zero-order chi connectivity index (χ0) is 20.6. The van der Waals surface area contributed by atoms with Crippen molar-refractivity contribution >= 4 is 11.8 Å². The predicted octanol–water partition coefficient (Wildman–Crippen LogP) is 3.05. The van der Waals surface area contributed by atoms with Gasteiger partial charge in [-0.3, -0.25) is 9.59 Å². The van der Waals surface area contributed by atoms with Gasteiger partial charge < -0.3 is 19.7 Å². The number of rotatable bonds is 7. The van der Waals surface area contributed by atoms with Crippen LogP contribution in [0.4, 0.5) is 0 Å². The molecule has 1 aliphatic heterocycles. The van der Waals surface area contributed by atoms with Gasteiger partial charge in [0, 0.05) is 31.8 Å². The van der Waals surface area contributed by atoms with Gasteiger partial charge in [-0.25, -0.2) is 0 Å². The highest BCUT2D eigenvalue weighted by molar-refractivity contribution is 5.97. The number of likely N-dealkylation sites (tertiary alicyclic amines) is 1. The highest BCUT2D eigenvalue weighted by Crippen LogP contribution is 2.22. The van der Waals surface area contributed by atoms with E-state index in [9.17, 15) is 9.59 Å². The molecular weight excluding hydrogens is 368 g/mol. The lowest BCUT2D eigenvalue weighted by Crippen LogP contribution is -2.46. The maximum atomic E-state index is 13.0. The Kier molecular flexibility index (Phi) is 7.25. The third kappa shape index (κ3) is 5.35. The van der Waals surface area contributed by atoms with Crippen molar-refractivity contribution in [3.63, 3.8) is 0 Å². The lowest BCUT2D eigenvalue weighted by atomic mass is 10.0. The number of para-hydroxylation sites is 1. The molecule has 1 saturated heterocycles. The molecule has 2 amide bonds. The van der Waals surface area contributed by atoms with E-state index in [0.717, 1.165) is 18.4 Å². The normalized spacial score (nSPS) is 14.5. The number of carbonyl (C=O) groups excluding carboxylic acids is 2. The largest absolute Gasteiger partial charge is 0.490 e. The Balaban J connectivity index is 1.56. The van der Waals surface area contributed by atoms with Crippen LogP contribution in [0.1, 0.15) is 39.1 Å². The van der Waals surface area contributed by atoms with E-state index in [-0.39, 0.29) is 17.9 Å². The van der Waals surface area contributed by atoms with Crippen LogP contribution in [0.3, 0.4) is 0 Å². The molecule has 0 unspecified atom stereocenters. The summed E-state index contributed by atoms with van der Waals surface area (Å²) in [6.07, 6.45) is 1.46. The van der Waals surface area contributed by atoms with E-state index < -0.39 is 0 Å². The van der Waals surface area contributed by atoms with E-state index in [4.69, 9.17) is 9.47 Å². The molecule has 1 heterocycles. The summed E-state index contributed by atoms with van der Waals surface area (Å²) in [7, 11) is 1.61. The molecule has 154 valence electrons. The van der Waals surface area contributed by atoms with E-state index in [2.05, 4.69) is 5.32 Å². The number of hydrogen-bond donors (Lipinski definition) is 1. The molecule has 0 atom stereocenters. The second-order valence-corrected chi connectivity index (χ2v) is 7.19. The number of nitrogens with one attached hydrogen (secondary N) is 1. The fourth-order valence-corrected chi connectivity index (χ4v) is 3.49. The van der Waals surface area contributed by atoms with Crippen molar-refractivity contribution in [3.05, 3.63) is 65.2 Å². The third-order valence-corrected chi connectivity index (χ3v) is 5.17. The summed E-state index contributed by atoms with van der Waals surface area (Å²) in [4.78, 5) is 27.3. The average Bonchev–Trinajstić information content (AvgIpc) is 2.74. The van der Waals surface area contributed by atoms with E-state index in [1.165, 1.54) is 0 Å². The molecule has 29 heavy (non-hydrogen) atoms. The molecule has 2 aromatic rings. The highest BCUT2D eigenvalue weighted by Gasteiger charge is 2.26. The Morgan fingerprint density at radius 1 is 1.00 bits per heavy atom. The van der Waals surface area contributed by atoms with Crippen molar-refractivity contribution in [2.45, 2.75) is 25.8 Å². The van der Waals surface area contributed by atoms with Gasteiger partial charge in [0.2, 0.25) is 0 Å². The molecule has 0 aliphatic carbocycles. The van der Waals surface area contributed by atoms with Crippen LogP contribution >= 0.6 is 0 Å². The number of amides is 2. The number of hydrogen-bond acceptors (Lipinski definition) is 4. The zero-order valence-corrected chi connectivity index (χ0v) is 17.0. The maximum Gasteiger partial charge on any atom is 0.257 e. The number of methoxy groups -OCH3 is 1. The fraction of sp³-hybridized carbons (Fsp3) is 0.391. The van der Waals surface area contributed by atoms with E-state index >= 15 is 0 Å². The van der Waals surface area contributed by atoms with Gasteiger partial charge in [0.05, 0.1) is 12.2 Å². The second kappa shape index (κ2) is 10.1. The SMILES string of the molecule is COCCOc1ccccc1C(=O)N1CCC(NC(=O)c2ccccc2C)CC1. The molecule has 0 aromatic heterocycles. The number of ether oxygens (including phenoxy) is 2. The molecule has 1 aliphatic rings. The summed E-state index contributed by atoms with van der Waals surface area (Å²) >= 11 is 0. The van der Waals surface area contributed by atoms with E-state index in [1.807, 2.05) is 48.2 Å². The van der Waals surface area contributed by atoms with Gasteiger partial charge in [0.25, 0.3) is 11.8 Å². The Labute approximate surface area is 171 Å². The fourth-order valence-electron chi connectivity index (χ4n) is 3.49. The van der Waals surface area contributed by atoms with Crippen molar-refractivity contribution in [1.29, 1.82) is 0 Å². The monoisotopic (exact) mass is 396 g/mol. The summed E-state index contributed by atoms with van der Waals surface area (Å²) in [6, 6.07) is 14.9. The molecular formula is C23H28N2O4. The molecule has 0 bridgehead atoms. The quantitative estimate of drug-likeness (QED) is 0.731. The van der Waals surface area contributed by atoms with Crippen LogP contribution in [0.5, 0.6) is 5.75 Å². The molecule has 2 aromatic carbocycles. The third-order valence-electron chi connectivity index (χ3n) is 5.17. The number of aryl methyl sites for hydroxylation is 1. The summed E-state index contributed by atoms with van der Waals surface area (Å²) in [5.74, 6) is 0.482. The Morgan fingerprint density at radius 2 is 1.66 bits per heavy atom. The maximum absolute atomic E-state index is 13.0. The van der Waals surface area contributed by atoms with Gasteiger partial charge in [-0.05, 0) is 43.5 Å². The Morgan fingerprint density at radius 3 is 2.34 bits per heavy atom. The molecule has 0 radical (unpaired) electrons. The molecule has 1 N–H and O–H groups in total. The topological polar surface area (TPSA) is 67.9 Å². The van der Waals surface area contributed by atoms with Crippen molar-refractivity contribution < 1.29 is 19.1 Å². The number of carbonyl (C=O) groups is 2. The lowest BCUT2D eigenvalue weighted by molar-refractivity contribution is 0.0691. The minimum atomic E-state index is -0.0511. The van der Waals surface area contributed by atoms with Crippen LogP contribution in [0, 0.1) is 6.92 Å². The van der Waals surface area contributed by atoms with Crippen molar-refractivity contribution in [3.8, 4) is 5.75 Å². The van der Waals surface area contributed by atoms with E-state index in [0.29, 0.717) is 43.2 Å². The number of benzene rings is 2. The number of nitrogens with zero attached hydrogens (tertiary/aromatic N) is 1. The molecule has 0 saturated carbocycles. The van der Waals surface area contributed by atoms with Crippen LogP contribution in [0.2, 0.25) is 0 Å². The minimum absolute atomic E-state index is 0.0401. The Hall–Kier alpha value is -2.86. The molecule has 3 rings (SSSR count). The van der Waals surface area contributed by atoms with Crippen LogP contribution < -0.4 is 10.1 Å². The first-order valence-electron chi connectivity index (χ1n) is 9.96. The van der Waals surface area contributed by atoms with Crippen LogP contribution in [-0.4, -0.2) is 56.2 Å². The van der Waals surface area contributed by atoms with Gasteiger partial charge in [-0.1, -0.05) is 30.3 Å². The van der Waals surface area contributed by atoms with Crippen molar-refractivity contribution in [1.82, 2.24) is 10.2 Å². The van der Waals surface area contributed by atoms with Crippen LogP contribution in [0.15, 0.2) is 48.5 Å². The van der Waals surface area contributed by atoms with Crippen LogP contribution in [0.25, 0.3) is 0 Å². The first-order valence-corrected chi connectivity index (χ1v) is 9.96. The van der Waals surface area contributed by atoms with Gasteiger partial charge in [0.1, 0.15) is 12.4 Å². The zero-order valence-electron chi connectivity index (χ0n) is 17.0. The minimum Gasteiger partial charge on any atom is -0.490 e. The molecule has 1 fully saturated rings. The van der Waals surface area contributed by atoms with Crippen LogP contribution in [-0.2, 0) is 4.74 Å². The molecule has 6 nitrogen and oxygen atoms in total. The molecule has 0 spiro atoms. The van der Waals surface area contributed by atoms with Gasteiger partial charge in [-0.15, -0.1) is 0 Å². The summed E-state index contributed by atoms with van der Waals surface area (Å²) in [5.41, 5.74) is 2.22. The first kappa shape index (κ1) is 20.9. The van der Waals surface area contributed by atoms with Gasteiger partial charge in [0.15, 0.2) is 0 Å². The summed E-state index contributed by atoms with van der Waals surface area (Å²) in [6.45, 7) is 4.00. The lowest BCUT2D eigenvalue weighted by Gasteiger charge is -2.32. The smallest absolute Gasteiger partial charge is 0.257 e. The van der Waals surface area contributed by atoms with Crippen molar-refractivity contribution in [2.24, 2.45) is 0 Å². The van der Waals surface area contributed by atoms with Crippen molar-refractivity contribution in [2.75, 3.05) is 33.4 Å². The van der Waals surface area contributed by atoms with Gasteiger partial charge in [-0.2, -0.15) is 0 Å². The van der Waals surface area contributed by atoms with Gasteiger partial charge >= 0.3 is 0 Å². The summed E-state index contributed by atoms with van der Waals surface area (Å²) < 4.78 is 10.7. The first-order chi connectivity index (χ1) is 14.1. The molecule has 6 heteroatoms. The number of piperidine rings is 1. The Bertz CT molecular complexity index is 844. The summed E-state index contributed by atoms with van der Waals surface area (Å²) in [5, 5.41) is 3.11. The average molecular weight is 396 g/mol. The predicted molar refractivity (Wildman–Crippen MR) is 111 cm³/mol.